The van der Waals surface area contributed by atoms with E-state index >= 15 is 0 Å². The Bertz CT molecular complexity index is 2900. The van der Waals surface area contributed by atoms with Gasteiger partial charge in [0.25, 0.3) is 0 Å². The number of unbranched alkanes of at least 4 members (excludes halogenated alkanes) is 2. The number of nitrogens with two attached hydrogens (primary N) is 4. The van der Waals surface area contributed by atoms with Crippen LogP contribution in [0, 0.1) is 29.6 Å². The van der Waals surface area contributed by atoms with Crippen LogP contribution < -0.4 is 81.4 Å². The lowest BCUT2D eigenvalue weighted by Crippen LogP contribution is -2.61. The summed E-state index contributed by atoms with van der Waals surface area (Å²) in [6.45, 7) is 19.4. The van der Waals surface area contributed by atoms with Gasteiger partial charge in [-0.3, -0.25) is 57.5 Å². The molecule has 12 amide bonds. The molecule has 1 aliphatic rings. The maximum atomic E-state index is 14.7. The van der Waals surface area contributed by atoms with Gasteiger partial charge in [-0.1, -0.05) is 130 Å². The van der Waals surface area contributed by atoms with E-state index in [-0.39, 0.29) is 76.8 Å². The molecule has 1 aliphatic heterocycles. The van der Waals surface area contributed by atoms with Crippen molar-refractivity contribution in [3.63, 3.8) is 0 Å². The van der Waals surface area contributed by atoms with E-state index in [4.69, 9.17) is 22.9 Å². The van der Waals surface area contributed by atoms with Crippen molar-refractivity contribution in [1.82, 2.24) is 63.4 Å². The van der Waals surface area contributed by atoms with Gasteiger partial charge in [0.15, 0.2) is 0 Å². The maximum Gasteiger partial charge on any atom is 0.245 e. The second-order valence-corrected chi connectivity index (χ2v) is 27.5. The maximum absolute atomic E-state index is 14.7. The third-order valence-corrected chi connectivity index (χ3v) is 17.3. The van der Waals surface area contributed by atoms with Gasteiger partial charge < -0.3 is 86.3 Å². The van der Waals surface area contributed by atoms with E-state index in [0.717, 1.165) is 4.90 Å². The topological polar surface area (TPSA) is 444 Å². The number of nitrogens with zero attached hydrogens (tertiary/aromatic N) is 1. The van der Waals surface area contributed by atoms with Gasteiger partial charge in [-0.25, -0.2) is 0 Å². The molecule has 0 saturated carbocycles. The number of carbonyl (C=O) groups excluding carboxylic acids is 12. The van der Waals surface area contributed by atoms with E-state index in [1.807, 2.05) is 13.8 Å². The van der Waals surface area contributed by atoms with Crippen molar-refractivity contribution in [2.75, 3.05) is 33.2 Å². The second kappa shape index (κ2) is 43.3. The smallest absolute Gasteiger partial charge is 0.245 e. The molecular formula is C70H116N16O12. The predicted octanol–water partition coefficient (Wildman–Crippen LogP) is 0.0710. The number of hydrogen-bond donors (Lipinski definition) is 15. The van der Waals surface area contributed by atoms with Crippen molar-refractivity contribution in [3.8, 4) is 0 Å². The first-order valence-electron chi connectivity index (χ1n) is 34.9. The summed E-state index contributed by atoms with van der Waals surface area (Å²) in [5, 5.41) is 30.8. The number of nitrogens with one attached hydrogen (secondary N) is 11. The number of amides is 12. The van der Waals surface area contributed by atoms with Gasteiger partial charge in [0.1, 0.15) is 60.4 Å². The first-order valence-corrected chi connectivity index (χ1v) is 34.9. The van der Waals surface area contributed by atoms with E-state index in [9.17, 15) is 57.5 Å². The van der Waals surface area contributed by atoms with Crippen LogP contribution in [0.15, 0.2) is 60.7 Å². The molecule has 548 valence electrons. The van der Waals surface area contributed by atoms with Gasteiger partial charge in [0.05, 0.1) is 12.1 Å². The van der Waals surface area contributed by atoms with Crippen molar-refractivity contribution < 1.29 is 57.5 Å². The molecule has 19 N–H and O–H groups in total. The normalized spacial score (nSPS) is 25.9. The van der Waals surface area contributed by atoms with Crippen LogP contribution in [-0.4, -0.2) is 182 Å². The van der Waals surface area contributed by atoms with Crippen LogP contribution in [0.2, 0.25) is 0 Å². The van der Waals surface area contributed by atoms with E-state index < -0.39 is 167 Å². The van der Waals surface area contributed by atoms with Crippen molar-refractivity contribution in [1.29, 1.82) is 0 Å². The molecule has 28 heteroatoms. The molecule has 0 spiro atoms. The molecule has 98 heavy (non-hydrogen) atoms. The highest BCUT2D eigenvalue weighted by Crippen LogP contribution is 2.16. The molecule has 0 unspecified atom stereocenters. The Kier molecular flexibility index (Phi) is 37.2. The predicted molar refractivity (Wildman–Crippen MR) is 375 cm³/mol. The monoisotopic (exact) mass is 1370 g/mol. The summed E-state index contributed by atoms with van der Waals surface area (Å²) < 4.78 is 0. The molecule has 1 heterocycles. The zero-order valence-corrected chi connectivity index (χ0v) is 59.8. The Balaban J connectivity index is 2.08. The standard InChI is InChI=1S/C70H116N16O12/c1-40(2)37-52-66(94)83-55(41(3)4)68(96)81-54(39-47-27-17-14-18-28-47)65(93)80-53(38-46-25-15-13-16-26-46)63(91)76-36-24-30-49(74)61(89)85-58(44(9)10)70(98)86(12)45(11)59(87)82-57(43(7)8)69(97)84-56(42(5)6)67(95)78-50(31-19-21-33-71)62(90)75-35-23-29-48(73)60(88)77-51(64(92)79-52)32-20-22-34-72/h13-18,25-28,40-45,48-58H,19-24,29-39,71-74H2,1-12H3,(H,75,90)(H,76,91)(H,77,88)(H,78,95)(H,79,92)(H,80,93)(H,81,96)(H,82,87)(H,83,94)(H,84,97)(H,85,89)/t45-,48-,49-,50-,51-,52-,53-,54-,55-,56-,57-,58-/m0/s1. The minimum atomic E-state index is -1.29. The highest BCUT2D eigenvalue weighted by molar-refractivity contribution is 5.99. The Hall–Kier alpha value is -8.08. The summed E-state index contributed by atoms with van der Waals surface area (Å²) >= 11 is 0. The van der Waals surface area contributed by atoms with Gasteiger partial charge in [-0.15, -0.1) is 0 Å². The van der Waals surface area contributed by atoms with Crippen molar-refractivity contribution >= 4 is 70.9 Å². The molecule has 1 fully saturated rings. The van der Waals surface area contributed by atoms with Crippen molar-refractivity contribution in [2.24, 2.45) is 52.5 Å². The Morgan fingerprint density at radius 1 is 0.398 bits per heavy atom. The van der Waals surface area contributed by atoms with Crippen LogP contribution in [0.3, 0.4) is 0 Å². The number of carbonyl (C=O) groups is 12. The lowest BCUT2D eigenvalue weighted by Gasteiger charge is -2.33. The Labute approximate surface area is 579 Å². The quantitative estimate of drug-likeness (QED) is 0.0879. The molecular weight excluding hydrogens is 1260 g/mol. The van der Waals surface area contributed by atoms with Gasteiger partial charge in [0, 0.05) is 33.0 Å². The summed E-state index contributed by atoms with van der Waals surface area (Å²) in [4.78, 5) is 171. The van der Waals surface area contributed by atoms with E-state index in [1.165, 1.54) is 14.0 Å². The number of rotatable bonds is 18. The molecule has 0 aromatic heterocycles. The van der Waals surface area contributed by atoms with E-state index in [2.05, 4.69) is 58.5 Å². The number of likely N-dealkylation sites (N-methyl/N-ethyl adjacent to an activating group) is 1. The average molecular weight is 1370 g/mol. The third kappa shape index (κ3) is 28.8. The first kappa shape index (κ1) is 84.1. The fourth-order valence-electron chi connectivity index (χ4n) is 11.0. The van der Waals surface area contributed by atoms with Gasteiger partial charge >= 0.3 is 0 Å². The minimum absolute atomic E-state index is 0.00829. The highest BCUT2D eigenvalue weighted by Gasteiger charge is 2.39. The molecule has 2 aromatic carbocycles. The number of benzene rings is 2. The molecule has 0 aliphatic carbocycles. The summed E-state index contributed by atoms with van der Waals surface area (Å²) in [6.07, 6.45) is 2.84. The lowest BCUT2D eigenvalue weighted by molar-refractivity contribution is -0.143. The van der Waals surface area contributed by atoms with Crippen LogP contribution in [-0.2, 0) is 70.4 Å². The van der Waals surface area contributed by atoms with Crippen LogP contribution >= 0.6 is 0 Å². The molecule has 28 nitrogen and oxygen atoms in total. The van der Waals surface area contributed by atoms with Crippen LogP contribution in [0.25, 0.3) is 0 Å². The SMILES string of the molecule is CC(C)C[C@@H]1NC(=O)[C@H](CCCCN)NC(=O)[C@@H](N)CCCNC(=O)[C@H](CCCCN)NC(=O)[C@H](C(C)C)NC(=O)[C@H](C(C)C)NC(=O)[C@H](C)N(C)C(=O)[C@H](C(C)C)NC(=O)[C@@H](N)CCCNC(=O)[C@H](Cc2ccccc2)NC(=O)[C@H](Cc2ccccc2)NC(=O)[C@H](C(C)C)NC1=O. The van der Waals surface area contributed by atoms with Gasteiger partial charge in [-0.2, -0.15) is 0 Å². The first-order chi connectivity index (χ1) is 46.3. The lowest BCUT2D eigenvalue weighted by atomic mass is 9.98. The van der Waals surface area contributed by atoms with Crippen molar-refractivity contribution in [3.05, 3.63) is 71.8 Å². The van der Waals surface area contributed by atoms with E-state index in [0.29, 0.717) is 49.9 Å². The zero-order chi connectivity index (χ0) is 73.3. The van der Waals surface area contributed by atoms with Crippen molar-refractivity contribution in [2.45, 2.75) is 232 Å². The van der Waals surface area contributed by atoms with Crippen LogP contribution in [0.5, 0.6) is 0 Å². The summed E-state index contributed by atoms with van der Waals surface area (Å²) in [6, 6.07) is 3.64. The zero-order valence-electron chi connectivity index (χ0n) is 59.8. The summed E-state index contributed by atoms with van der Waals surface area (Å²) in [7, 11) is 1.39. The largest absolute Gasteiger partial charge is 0.354 e. The number of hydrogen-bond acceptors (Lipinski definition) is 16. The molecule has 0 radical (unpaired) electrons. The third-order valence-electron chi connectivity index (χ3n) is 17.3. The Morgan fingerprint density at radius 3 is 1.16 bits per heavy atom. The summed E-state index contributed by atoms with van der Waals surface area (Å²) in [5.74, 6) is -10.2. The highest BCUT2D eigenvalue weighted by atomic mass is 16.2. The molecule has 3 rings (SSSR count). The fourth-order valence-corrected chi connectivity index (χ4v) is 11.0. The average Bonchev–Trinajstić information content (AvgIpc) is 0.857. The minimum Gasteiger partial charge on any atom is -0.354 e. The molecule has 0 bridgehead atoms. The fraction of sp³-hybridized carbons (Fsp3) is 0.657. The van der Waals surface area contributed by atoms with Gasteiger partial charge in [0.2, 0.25) is 70.9 Å². The van der Waals surface area contributed by atoms with Crippen LogP contribution in [0.4, 0.5) is 0 Å². The Morgan fingerprint density at radius 2 is 0.724 bits per heavy atom. The molecule has 2 aromatic rings. The van der Waals surface area contributed by atoms with E-state index in [1.54, 1.807) is 116 Å². The molecule has 1 saturated heterocycles. The van der Waals surface area contributed by atoms with Gasteiger partial charge in [-0.05, 0) is 131 Å². The molecule has 12 atom stereocenters. The summed E-state index contributed by atoms with van der Waals surface area (Å²) in [5.41, 5.74) is 25.8. The second-order valence-electron chi connectivity index (χ2n) is 27.5. The van der Waals surface area contributed by atoms with Crippen LogP contribution in [0.1, 0.15) is 158 Å².